The zero-order valence-electron chi connectivity index (χ0n) is 12.3. The molecule has 4 heteroatoms. The molecule has 1 saturated heterocycles. The number of amides is 2. The van der Waals surface area contributed by atoms with Gasteiger partial charge in [0.2, 0.25) is 5.91 Å². The van der Waals surface area contributed by atoms with Gasteiger partial charge in [0.05, 0.1) is 18.7 Å². The molecule has 0 bridgehead atoms. The first-order valence-electron chi connectivity index (χ1n) is 8.01. The molecule has 1 aliphatic heterocycles. The number of nitrogens with zero attached hydrogens (tertiary/aromatic N) is 1. The standard InChI is InChI=1S/C17H22N2O2/c20-16-11-15(18-12-13-7-3-1-4-8-13)17(21)19(16)14-9-5-2-6-10-14/h2,5-6,9-10,13,15,18H,1,3-4,7-8,11-12H2/p+1. The van der Waals surface area contributed by atoms with Crippen LogP contribution in [0.5, 0.6) is 0 Å². The van der Waals surface area contributed by atoms with E-state index in [1.807, 2.05) is 30.3 Å². The van der Waals surface area contributed by atoms with Gasteiger partial charge in [-0.2, -0.15) is 0 Å². The van der Waals surface area contributed by atoms with E-state index < -0.39 is 0 Å². The van der Waals surface area contributed by atoms with Gasteiger partial charge in [0, 0.05) is 5.92 Å². The molecule has 2 fully saturated rings. The highest BCUT2D eigenvalue weighted by molar-refractivity contribution is 6.21. The molecule has 4 nitrogen and oxygen atoms in total. The third kappa shape index (κ3) is 3.16. The first kappa shape index (κ1) is 14.3. The van der Waals surface area contributed by atoms with Crippen LogP contribution in [0, 0.1) is 5.92 Å². The maximum absolute atomic E-state index is 12.5. The van der Waals surface area contributed by atoms with Gasteiger partial charge in [-0.15, -0.1) is 0 Å². The van der Waals surface area contributed by atoms with E-state index >= 15 is 0 Å². The van der Waals surface area contributed by atoms with Gasteiger partial charge in [0.25, 0.3) is 5.91 Å². The Morgan fingerprint density at radius 2 is 1.76 bits per heavy atom. The van der Waals surface area contributed by atoms with Crippen LogP contribution in [0.2, 0.25) is 0 Å². The molecular weight excluding hydrogens is 264 g/mol. The summed E-state index contributed by atoms with van der Waals surface area (Å²) in [6, 6.07) is 9.02. The largest absolute Gasteiger partial charge is 0.335 e. The number of nitrogens with two attached hydrogens (primary N) is 1. The maximum atomic E-state index is 12.5. The molecule has 0 aromatic heterocycles. The molecular formula is C17H23N2O2+. The van der Waals surface area contributed by atoms with E-state index in [1.54, 1.807) is 0 Å². The first-order valence-corrected chi connectivity index (χ1v) is 8.01. The van der Waals surface area contributed by atoms with Crippen LogP contribution in [0.25, 0.3) is 0 Å². The van der Waals surface area contributed by atoms with Gasteiger partial charge in [0.15, 0.2) is 6.04 Å². The summed E-state index contributed by atoms with van der Waals surface area (Å²) >= 11 is 0. The van der Waals surface area contributed by atoms with Gasteiger partial charge >= 0.3 is 0 Å². The van der Waals surface area contributed by atoms with Crippen molar-refractivity contribution in [3.63, 3.8) is 0 Å². The van der Waals surface area contributed by atoms with Crippen LogP contribution in [-0.2, 0) is 9.59 Å². The van der Waals surface area contributed by atoms with Crippen LogP contribution in [0.3, 0.4) is 0 Å². The second-order valence-corrected chi connectivity index (χ2v) is 6.19. The Kier molecular flexibility index (Phi) is 4.34. The summed E-state index contributed by atoms with van der Waals surface area (Å²) in [5.41, 5.74) is 0.695. The second-order valence-electron chi connectivity index (χ2n) is 6.19. The fraction of sp³-hybridized carbons (Fsp3) is 0.529. The summed E-state index contributed by atoms with van der Waals surface area (Å²) in [6.07, 6.45) is 6.85. The van der Waals surface area contributed by atoms with Crippen LogP contribution in [0.15, 0.2) is 30.3 Å². The lowest BCUT2D eigenvalue weighted by Crippen LogP contribution is -2.92. The summed E-state index contributed by atoms with van der Waals surface area (Å²) in [7, 11) is 0. The Morgan fingerprint density at radius 1 is 1.05 bits per heavy atom. The molecule has 3 rings (SSSR count). The van der Waals surface area contributed by atoms with Gasteiger partial charge in [-0.1, -0.05) is 37.5 Å². The quantitative estimate of drug-likeness (QED) is 0.853. The Balaban J connectivity index is 1.61. The minimum Gasteiger partial charge on any atom is -0.335 e. The van der Waals surface area contributed by atoms with Crippen LogP contribution in [0.1, 0.15) is 38.5 Å². The lowest BCUT2D eigenvalue weighted by Gasteiger charge is -2.21. The molecule has 1 unspecified atom stereocenters. The van der Waals surface area contributed by atoms with E-state index in [4.69, 9.17) is 0 Å². The second kappa shape index (κ2) is 6.39. The molecule has 0 spiro atoms. The molecule has 2 N–H and O–H groups in total. The number of quaternary nitrogens is 1. The number of carbonyl (C=O) groups excluding carboxylic acids is 2. The third-order valence-corrected chi connectivity index (χ3v) is 4.67. The van der Waals surface area contributed by atoms with Crippen LogP contribution in [0.4, 0.5) is 5.69 Å². The minimum absolute atomic E-state index is 0.0537. The van der Waals surface area contributed by atoms with Crippen molar-refractivity contribution >= 4 is 17.5 Å². The number of hydrogen-bond acceptors (Lipinski definition) is 2. The van der Waals surface area contributed by atoms with Gasteiger partial charge < -0.3 is 5.32 Å². The van der Waals surface area contributed by atoms with Gasteiger partial charge in [-0.05, 0) is 25.0 Å². The predicted octanol–water partition coefficient (Wildman–Crippen LogP) is 1.46. The summed E-state index contributed by atoms with van der Waals surface area (Å²) in [4.78, 5) is 25.9. The average Bonchev–Trinajstić information content (AvgIpc) is 2.81. The normalized spacial score (nSPS) is 23.8. The monoisotopic (exact) mass is 287 g/mol. The molecule has 0 radical (unpaired) electrons. The lowest BCUT2D eigenvalue weighted by atomic mass is 9.89. The van der Waals surface area contributed by atoms with E-state index in [-0.39, 0.29) is 17.9 Å². The van der Waals surface area contributed by atoms with Gasteiger partial charge in [-0.3, -0.25) is 9.59 Å². The highest BCUT2D eigenvalue weighted by atomic mass is 16.2. The van der Waals surface area contributed by atoms with E-state index in [1.165, 1.54) is 37.0 Å². The SMILES string of the molecule is O=C1CC([NH2+]CC2CCCCC2)C(=O)N1c1ccccc1. The minimum atomic E-state index is -0.223. The highest BCUT2D eigenvalue weighted by Gasteiger charge is 2.42. The summed E-state index contributed by atoms with van der Waals surface area (Å²) in [6.45, 7) is 0.978. The number of hydrogen-bond donors (Lipinski definition) is 1. The molecule has 112 valence electrons. The van der Waals surface area contributed by atoms with Crippen molar-refractivity contribution in [1.29, 1.82) is 0 Å². The number of rotatable bonds is 4. The molecule has 2 amide bonds. The van der Waals surface area contributed by atoms with E-state index in [0.717, 1.165) is 6.54 Å². The van der Waals surface area contributed by atoms with Crippen molar-refractivity contribution in [2.45, 2.75) is 44.6 Å². The highest BCUT2D eigenvalue weighted by Crippen LogP contribution is 2.23. The fourth-order valence-corrected chi connectivity index (χ4v) is 3.47. The van der Waals surface area contributed by atoms with Crippen molar-refractivity contribution in [3.05, 3.63) is 30.3 Å². The smallest absolute Gasteiger partial charge is 0.292 e. The molecule has 1 aromatic rings. The number of carbonyl (C=O) groups is 2. The van der Waals surface area contributed by atoms with E-state index in [9.17, 15) is 9.59 Å². The summed E-state index contributed by atoms with van der Waals surface area (Å²) in [5.74, 6) is 0.588. The number of para-hydroxylation sites is 1. The Labute approximate surface area is 125 Å². The molecule has 2 aliphatic rings. The van der Waals surface area contributed by atoms with Crippen LogP contribution >= 0.6 is 0 Å². The zero-order chi connectivity index (χ0) is 14.7. The number of imide groups is 1. The van der Waals surface area contributed by atoms with E-state index in [0.29, 0.717) is 18.0 Å². The molecule has 1 saturated carbocycles. The predicted molar refractivity (Wildman–Crippen MR) is 80.7 cm³/mol. The maximum Gasteiger partial charge on any atom is 0.292 e. The third-order valence-electron chi connectivity index (χ3n) is 4.67. The van der Waals surface area contributed by atoms with Crippen LogP contribution in [-0.4, -0.2) is 24.4 Å². The summed E-state index contributed by atoms with van der Waals surface area (Å²) < 4.78 is 0. The van der Waals surface area contributed by atoms with Crippen molar-refractivity contribution in [2.24, 2.45) is 5.92 Å². The van der Waals surface area contributed by atoms with Crippen LogP contribution < -0.4 is 10.2 Å². The summed E-state index contributed by atoms with van der Waals surface area (Å²) in [5, 5.41) is 2.10. The average molecular weight is 287 g/mol. The topological polar surface area (TPSA) is 54.0 Å². The molecule has 1 aromatic carbocycles. The molecule has 1 heterocycles. The first-order chi connectivity index (χ1) is 10.3. The molecule has 1 atom stereocenters. The Morgan fingerprint density at radius 3 is 2.48 bits per heavy atom. The van der Waals surface area contributed by atoms with Crippen molar-refractivity contribution < 1.29 is 14.9 Å². The number of anilines is 1. The fourth-order valence-electron chi connectivity index (χ4n) is 3.47. The van der Waals surface area contributed by atoms with Crippen molar-refractivity contribution in [2.75, 3.05) is 11.4 Å². The van der Waals surface area contributed by atoms with Gasteiger partial charge in [0.1, 0.15) is 0 Å². The van der Waals surface area contributed by atoms with Crippen molar-refractivity contribution in [1.82, 2.24) is 0 Å². The van der Waals surface area contributed by atoms with Crippen molar-refractivity contribution in [3.8, 4) is 0 Å². The lowest BCUT2D eigenvalue weighted by molar-refractivity contribution is -0.680. The Bertz CT molecular complexity index is 509. The van der Waals surface area contributed by atoms with E-state index in [2.05, 4.69) is 5.32 Å². The molecule has 21 heavy (non-hydrogen) atoms. The number of benzene rings is 1. The zero-order valence-corrected chi connectivity index (χ0v) is 12.3. The Hall–Kier alpha value is -1.68. The molecule has 1 aliphatic carbocycles. The van der Waals surface area contributed by atoms with Gasteiger partial charge in [-0.25, -0.2) is 4.90 Å².